The third kappa shape index (κ3) is 4.62. The Kier molecular flexibility index (Phi) is 6.15. The van der Waals surface area contributed by atoms with Crippen LogP contribution in [0.2, 0.25) is 0 Å². The van der Waals surface area contributed by atoms with E-state index in [1.54, 1.807) is 6.26 Å². The molecule has 152 valence electrons. The van der Waals surface area contributed by atoms with Gasteiger partial charge < -0.3 is 14.5 Å². The molecule has 0 saturated carbocycles. The lowest BCUT2D eigenvalue weighted by Gasteiger charge is -2.31. The van der Waals surface area contributed by atoms with E-state index in [4.69, 9.17) is 9.15 Å². The maximum absolute atomic E-state index is 13.1. The summed E-state index contributed by atoms with van der Waals surface area (Å²) in [6, 6.07) is 15.8. The van der Waals surface area contributed by atoms with Gasteiger partial charge in [-0.15, -0.1) is 0 Å². The molecule has 29 heavy (non-hydrogen) atoms. The summed E-state index contributed by atoms with van der Waals surface area (Å²) in [5, 5.41) is 5.15. The number of amides is 1. The number of hydrogen-bond donors (Lipinski definition) is 1. The number of fused-ring (bicyclic) bond motifs is 1. The fourth-order valence-corrected chi connectivity index (χ4v) is 4.06. The van der Waals surface area contributed by atoms with Gasteiger partial charge in [-0.25, -0.2) is 0 Å². The first kappa shape index (κ1) is 19.5. The number of likely N-dealkylation sites (tertiary alicyclic amines) is 1. The van der Waals surface area contributed by atoms with Gasteiger partial charge in [-0.05, 0) is 67.7 Å². The van der Waals surface area contributed by atoms with E-state index in [1.165, 1.54) is 0 Å². The third-order valence-electron chi connectivity index (χ3n) is 5.64. The standard InChI is InChI=1S/C24H28N2O3/c1-2-28-22-10-9-19-6-3-4-8-21(19)23(22)24(27)25-16-18-11-13-26(14-12-18)17-20-7-5-15-29-20/h3-10,15,18H,2,11-14,16-17H2,1H3,(H,25,27). The van der Waals surface area contributed by atoms with E-state index in [0.717, 1.165) is 49.0 Å². The number of ether oxygens (including phenoxy) is 1. The molecular formula is C24H28N2O3. The highest BCUT2D eigenvalue weighted by atomic mass is 16.5. The van der Waals surface area contributed by atoms with Crippen LogP contribution in [0.25, 0.3) is 10.8 Å². The molecule has 0 atom stereocenters. The van der Waals surface area contributed by atoms with Crippen LogP contribution in [-0.4, -0.2) is 37.0 Å². The van der Waals surface area contributed by atoms with Crippen molar-refractivity contribution in [3.8, 4) is 5.75 Å². The van der Waals surface area contributed by atoms with Crippen molar-refractivity contribution in [2.75, 3.05) is 26.2 Å². The van der Waals surface area contributed by atoms with Gasteiger partial charge in [-0.1, -0.05) is 30.3 Å². The van der Waals surface area contributed by atoms with Gasteiger partial charge in [0.1, 0.15) is 11.5 Å². The molecule has 1 N–H and O–H groups in total. The predicted octanol–water partition coefficient (Wildman–Crippen LogP) is 4.47. The molecule has 1 fully saturated rings. The number of carbonyl (C=O) groups is 1. The number of nitrogens with zero attached hydrogens (tertiary/aromatic N) is 1. The maximum Gasteiger partial charge on any atom is 0.255 e. The fourth-order valence-electron chi connectivity index (χ4n) is 4.06. The average Bonchev–Trinajstić information content (AvgIpc) is 3.26. The summed E-state index contributed by atoms with van der Waals surface area (Å²) >= 11 is 0. The lowest BCUT2D eigenvalue weighted by molar-refractivity contribution is 0.0932. The van der Waals surface area contributed by atoms with Crippen molar-refractivity contribution in [3.05, 3.63) is 66.1 Å². The summed E-state index contributed by atoms with van der Waals surface area (Å²) in [6.07, 6.45) is 3.88. The molecule has 2 aromatic carbocycles. The van der Waals surface area contributed by atoms with E-state index in [0.29, 0.717) is 30.4 Å². The number of carbonyl (C=O) groups excluding carboxylic acids is 1. The van der Waals surface area contributed by atoms with E-state index < -0.39 is 0 Å². The van der Waals surface area contributed by atoms with Gasteiger partial charge in [-0.3, -0.25) is 9.69 Å². The Morgan fingerprint density at radius 2 is 1.97 bits per heavy atom. The molecule has 0 bridgehead atoms. The molecule has 1 aromatic heterocycles. The van der Waals surface area contributed by atoms with Gasteiger partial charge in [0.05, 0.1) is 25.0 Å². The number of rotatable bonds is 7. The Morgan fingerprint density at radius 1 is 1.14 bits per heavy atom. The van der Waals surface area contributed by atoms with Crippen LogP contribution in [0.3, 0.4) is 0 Å². The van der Waals surface area contributed by atoms with Crippen molar-refractivity contribution >= 4 is 16.7 Å². The van der Waals surface area contributed by atoms with E-state index in [2.05, 4.69) is 10.2 Å². The lowest BCUT2D eigenvalue weighted by Crippen LogP contribution is -2.38. The summed E-state index contributed by atoms with van der Waals surface area (Å²) in [6.45, 7) is 6.08. The van der Waals surface area contributed by atoms with Crippen molar-refractivity contribution in [1.29, 1.82) is 0 Å². The summed E-state index contributed by atoms with van der Waals surface area (Å²) in [7, 11) is 0. The minimum absolute atomic E-state index is 0.0525. The summed E-state index contributed by atoms with van der Waals surface area (Å²) in [5.41, 5.74) is 0.639. The molecule has 3 aromatic rings. The van der Waals surface area contributed by atoms with Crippen LogP contribution >= 0.6 is 0 Å². The van der Waals surface area contributed by atoms with E-state index >= 15 is 0 Å². The highest BCUT2D eigenvalue weighted by Crippen LogP contribution is 2.28. The Morgan fingerprint density at radius 3 is 2.72 bits per heavy atom. The molecule has 2 heterocycles. The molecule has 5 heteroatoms. The minimum atomic E-state index is -0.0525. The van der Waals surface area contributed by atoms with E-state index in [1.807, 2.05) is 55.5 Å². The topological polar surface area (TPSA) is 54.7 Å². The smallest absolute Gasteiger partial charge is 0.255 e. The quantitative estimate of drug-likeness (QED) is 0.644. The van der Waals surface area contributed by atoms with E-state index in [9.17, 15) is 4.79 Å². The molecule has 1 aliphatic heterocycles. The molecule has 1 aliphatic rings. The van der Waals surface area contributed by atoms with Gasteiger partial charge in [0.15, 0.2) is 0 Å². The van der Waals surface area contributed by atoms with Gasteiger partial charge in [0.25, 0.3) is 5.91 Å². The summed E-state index contributed by atoms with van der Waals surface area (Å²) in [5.74, 6) is 2.11. The highest BCUT2D eigenvalue weighted by Gasteiger charge is 2.22. The Balaban J connectivity index is 1.37. The lowest BCUT2D eigenvalue weighted by atomic mass is 9.96. The second kappa shape index (κ2) is 9.14. The molecule has 5 nitrogen and oxygen atoms in total. The van der Waals surface area contributed by atoms with E-state index in [-0.39, 0.29) is 5.91 Å². The zero-order valence-corrected chi connectivity index (χ0v) is 16.9. The fraction of sp³-hybridized carbons (Fsp3) is 0.375. The predicted molar refractivity (Wildman–Crippen MR) is 114 cm³/mol. The monoisotopic (exact) mass is 392 g/mol. The van der Waals surface area contributed by atoms with Crippen LogP contribution in [-0.2, 0) is 6.54 Å². The second-order valence-electron chi connectivity index (χ2n) is 7.60. The van der Waals surface area contributed by atoms with Crippen LogP contribution in [0.1, 0.15) is 35.9 Å². The average molecular weight is 392 g/mol. The van der Waals surface area contributed by atoms with Gasteiger partial charge in [0, 0.05) is 6.54 Å². The number of piperidine rings is 1. The molecule has 0 unspecified atom stereocenters. The first-order valence-corrected chi connectivity index (χ1v) is 10.4. The first-order valence-electron chi connectivity index (χ1n) is 10.4. The van der Waals surface area contributed by atoms with Gasteiger partial charge >= 0.3 is 0 Å². The van der Waals surface area contributed by atoms with Gasteiger partial charge in [0.2, 0.25) is 0 Å². The second-order valence-corrected chi connectivity index (χ2v) is 7.60. The Hall–Kier alpha value is -2.79. The van der Waals surface area contributed by atoms with Crippen LogP contribution in [0.4, 0.5) is 0 Å². The normalized spacial score (nSPS) is 15.5. The molecule has 0 aliphatic carbocycles. The van der Waals surface area contributed by atoms with Crippen molar-refractivity contribution in [1.82, 2.24) is 10.2 Å². The van der Waals surface area contributed by atoms with Crippen molar-refractivity contribution in [2.24, 2.45) is 5.92 Å². The van der Waals surface area contributed by atoms with Crippen molar-refractivity contribution in [3.63, 3.8) is 0 Å². The van der Waals surface area contributed by atoms with Gasteiger partial charge in [-0.2, -0.15) is 0 Å². The number of benzene rings is 2. The van der Waals surface area contributed by atoms with Crippen molar-refractivity contribution < 1.29 is 13.9 Å². The SMILES string of the molecule is CCOc1ccc2ccccc2c1C(=O)NCC1CCN(Cc2ccco2)CC1. The largest absolute Gasteiger partial charge is 0.493 e. The molecule has 0 radical (unpaired) electrons. The van der Waals surface area contributed by atoms with Crippen molar-refractivity contribution in [2.45, 2.75) is 26.3 Å². The van der Waals surface area contributed by atoms with Crippen LogP contribution in [0.5, 0.6) is 5.75 Å². The summed E-state index contributed by atoms with van der Waals surface area (Å²) < 4.78 is 11.2. The van der Waals surface area contributed by atoms with Crippen LogP contribution in [0.15, 0.2) is 59.2 Å². The number of nitrogens with one attached hydrogen (secondary N) is 1. The Bertz CT molecular complexity index is 944. The molecule has 4 rings (SSSR count). The Labute approximate surface area is 171 Å². The molecular weight excluding hydrogens is 364 g/mol. The molecule has 1 saturated heterocycles. The zero-order chi connectivity index (χ0) is 20.1. The highest BCUT2D eigenvalue weighted by molar-refractivity contribution is 6.09. The summed E-state index contributed by atoms with van der Waals surface area (Å²) in [4.78, 5) is 15.5. The molecule has 0 spiro atoms. The third-order valence-corrected chi connectivity index (χ3v) is 5.64. The maximum atomic E-state index is 13.1. The first-order chi connectivity index (χ1) is 14.2. The van der Waals surface area contributed by atoms with Crippen LogP contribution in [0, 0.1) is 5.92 Å². The minimum Gasteiger partial charge on any atom is -0.493 e. The van der Waals surface area contributed by atoms with Crippen LogP contribution < -0.4 is 10.1 Å². The number of furan rings is 1. The number of hydrogen-bond acceptors (Lipinski definition) is 4. The molecule has 1 amide bonds. The zero-order valence-electron chi connectivity index (χ0n) is 16.9.